The van der Waals surface area contributed by atoms with Gasteiger partial charge in [0.2, 0.25) is 0 Å². The van der Waals surface area contributed by atoms with Crippen molar-refractivity contribution in [1.82, 2.24) is 0 Å². The Kier molecular flexibility index (Phi) is 4.16. The van der Waals surface area contributed by atoms with E-state index in [1.54, 1.807) is 0 Å². The van der Waals surface area contributed by atoms with Gasteiger partial charge >= 0.3 is 0 Å². The second-order valence-corrected chi connectivity index (χ2v) is 6.38. The van der Waals surface area contributed by atoms with Gasteiger partial charge in [-0.1, -0.05) is 6.42 Å². The molecule has 0 spiro atoms. The van der Waals surface area contributed by atoms with E-state index in [2.05, 4.69) is 30.0 Å². The third-order valence-electron chi connectivity index (χ3n) is 4.76. The molecule has 2 fully saturated rings. The molecule has 0 amide bonds. The van der Waals surface area contributed by atoms with Crippen molar-refractivity contribution in [3.63, 3.8) is 0 Å². The van der Waals surface area contributed by atoms with Gasteiger partial charge in [0.25, 0.3) is 0 Å². The lowest BCUT2D eigenvalue weighted by Gasteiger charge is -2.33. The fourth-order valence-electron chi connectivity index (χ4n) is 3.09. The lowest BCUT2D eigenvalue weighted by Crippen LogP contribution is -2.39. The molecule has 0 aromatic heterocycles. The fraction of sp³-hybridized carbons (Fsp3) is 0.647. The Hall–Kier alpha value is -1.22. The van der Waals surface area contributed by atoms with Crippen LogP contribution in [-0.4, -0.2) is 25.7 Å². The summed E-state index contributed by atoms with van der Waals surface area (Å²) in [6.45, 7) is 5.21. The normalized spacial score (nSPS) is 20.8. The van der Waals surface area contributed by atoms with Crippen LogP contribution in [0.15, 0.2) is 18.2 Å². The van der Waals surface area contributed by atoms with E-state index in [9.17, 15) is 0 Å². The molecule has 1 aliphatic heterocycles. The van der Waals surface area contributed by atoms with E-state index in [1.165, 1.54) is 30.5 Å². The highest BCUT2D eigenvalue weighted by Gasteiger charge is 2.19. The lowest BCUT2D eigenvalue weighted by atomic mass is 9.86. The van der Waals surface area contributed by atoms with Crippen molar-refractivity contribution < 1.29 is 4.74 Å². The molecule has 110 valence electrons. The Morgan fingerprint density at radius 1 is 1.20 bits per heavy atom. The number of nitrogens with two attached hydrogens (primary N) is 1. The molecule has 1 saturated heterocycles. The molecule has 20 heavy (non-hydrogen) atoms. The van der Waals surface area contributed by atoms with Crippen molar-refractivity contribution in [2.24, 2.45) is 11.7 Å². The number of rotatable bonds is 4. The molecule has 0 unspecified atom stereocenters. The van der Waals surface area contributed by atoms with E-state index in [1.807, 2.05) is 0 Å². The zero-order valence-electron chi connectivity index (χ0n) is 12.5. The number of anilines is 1. The predicted octanol–water partition coefficient (Wildman–Crippen LogP) is 3.10. The first-order chi connectivity index (χ1) is 9.72. The summed E-state index contributed by atoms with van der Waals surface area (Å²) in [5, 5.41) is 0. The van der Waals surface area contributed by atoms with E-state index in [-0.39, 0.29) is 0 Å². The molecule has 0 bridgehead atoms. The van der Waals surface area contributed by atoms with Gasteiger partial charge in [0.05, 0.1) is 6.61 Å². The predicted molar refractivity (Wildman–Crippen MR) is 83.4 cm³/mol. The largest absolute Gasteiger partial charge is 0.493 e. The van der Waals surface area contributed by atoms with Crippen LogP contribution in [0.25, 0.3) is 0 Å². The topological polar surface area (TPSA) is 38.5 Å². The van der Waals surface area contributed by atoms with Gasteiger partial charge in [-0.2, -0.15) is 0 Å². The maximum absolute atomic E-state index is 5.98. The minimum absolute atomic E-state index is 0.386. The Morgan fingerprint density at radius 3 is 2.55 bits per heavy atom. The molecular weight excluding hydrogens is 248 g/mol. The van der Waals surface area contributed by atoms with Crippen LogP contribution in [-0.2, 0) is 0 Å². The lowest BCUT2D eigenvalue weighted by molar-refractivity contribution is 0.180. The first-order valence-electron chi connectivity index (χ1n) is 7.96. The summed E-state index contributed by atoms with van der Waals surface area (Å²) in [6, 6.07) is 6.90. The second kappa shape index (κ2) is 6.04. The van der Waals surface area contributed by atoms with Crippen molar-refractivity contribution >= 4 is 5.69 Å². The van der Waals surface area contributed by atoms with E-state index in [4.69, 9.17) is 10.5 Å². The Balaban J connectivity index is 1.61. The van der Waals surface area contributed by atoms with Crippen LogP contribution in [0.5, 0.6) is 5.75 Å². The molecule has 1 aromatic rings. The van der Waals surface area contributed by atoms with Crippen molar-refractivity contribution in [3.05, 3.63) is 23.8 Å². The van der Waals surface area contributed by atoms with Crippen molar-refractivity contribution in [2.75, 3.05) is 24.6 Å². The molecule has 0 atom stereocenters. The standard InChI is InChI=1S/C17H26N2O/c1-13-11-16(20-12-14-3-2-4-14)5-6-17(13)19-9-7-15(18)8-10-19/h5-6,11,14-15H,2-4,7-10,12,18H2,1H3. The average Bonchev–Trinajstić information content (AvgIpc) is 2.38. The van der Waals surface area contributed by atoms with Crippen molar-refractivity contribution in [3.8, 4) is 5.75 Å². The highest BCUT2D eigenvalue weighted by atomic mass is 16.5. The van der Waals surface area contributed by atoms with Gasteiger partial charge in [-0.15, -0.1) is 0 Å². The summed E-state index contributed by atoms with van der Waals surface area (Å²) in [5.74, 6) is 1.81. The highest BCUT2D eigenvalue weighted by molar-refractivity contribution is 5.56. The van der Waals surface area contributed by atoms with Crippen LogP contribution in [0.4, 0.5) is 5.69 Å². The molecule has 3 heteroatoms. The Morgan fingerprint density at radius 2 is 1.95 bits per heavy atom. The quantitative estimate of drug-likeness (QED) is 0.917. The molecule has 3 nitrogen and oxygen atoms in total. The van der Waals surface area contributed by atoms with Gasteiger partial charge in [0.15, 0.2) is 0 Å². The molecule has 1 heterocycles. The van der Waals surface area contributed by atoms with Gasteiger partial charge in [0.1, 0.15) is 5.75 Å². The summed E-state index contributed by atoms with van der Waals surface area (Å²) in [5.41, 5.74) is 8.63. The highest BCUT2D eigenvalue weighted by Crippen LogP contribution is 2.30. The number of piperidine rings is 1. The summed E-state index contributed by atoms with van der Waals surface area (Å²) >= 11 is 0. The van der Waals surface area contributed by atoms with E-state index in [0.29, 0.717) is 6.04 Å². The van der Waals surface area contributed by atoms with Gasteiger partial charge < -0.3 is 15.4 Å². The van der Waals surface area contributed by atoms with Gasteiger partial charge in [-0.25, -0.2) is 0 Å². The Bertz CT molecular complexity index is 448. The van der Waals surface area contributed by atoms with Crippen LogP contribution < -0.4 is 15.4 Å². The molecule has 2 N–H and O–H groups in total. The minimum Gasteiger partial charge on any atom is -0.493 e. The van der Waals surface area contributed by atoms with Crippen molar-refractivity contribution in [1.29, 1.82) is 0 Å². The fourth-order valence-corrected chi connectivity index (χ4v) is 3.09. The Labute approximate surface area is 122 Å². The minimum atomic E-state index is 0.386. The maximum atomic E-state index is 5.98. The summed E-state index contributed by atoms with van der Waals surface area (Å²) in [6.07, 6.45) is 6.25. The van der Waals surface area contributed by atoms with Gasteiger partial charge in [0, 0.05) is 24.8 Å². The van der Waals surface area contributed by atoms with Crippen LogP contribution in [0, 0.1) is 12.8 Å². The van der Waals surface area contributed by atoms with E-state index < -0.39 is 0 Å². The van der Waals surface area contributed by atoms with Crippen molar-refractivity contribution in [2.45, 2.75) is 45.1 Å². The molecule has 1 aromatic carbocycles. The molecule has 1 saturated carbocycles. The zero-order valence-corrected chi connectivity index (χ0v) is 12.5. The van der Waals surface area contributed by atoms with Gasteiger partial charge in [-0.3, -0.25) is 0 Å². The summed E-state index contributed by atoms with van der Waals surface area (Å²) < 4.78 is 5.91. The van der Waals surface area contributed by atoms with Crippen LogP contribution in [0.3, 0.4) is 0 Å². The van der Waals surface area contributed by atoms with E-state index >= 15 is 0 Å². The number of ether oxygens (including phenoxy) is 1. The summed E-state index contributed by atoms with van der Waals surface area (Å²) in [4.78, 5) is 2.45. The average molecular weight is 274 g/mol. The summed E-state index contributed by atoms with van der Waals surface area (Å²) in [7, 11) is 0. The second-order valence-electron chi connectivity index (χ2n) is 6.38. The number of benzene rings is 1. The van der Waals surface area contributed by atoms with Crippen LogP contribution in [0.2, 0.25) is 0 Å². The molecular formula is C17H26N2O. The monoisotopic (exact) mass is 274 g/mol. The smallest absolute Gasteiger partial charge is 0.119 e. The third-order valence-corrected chi connectivity index (χ3v) is 4.76. The zero-order chi connectivity index (χ0) is 13.9. The third kappa shape index (κ3) is 3.09. The number of nitrogens with zero attached hydrogens (tertiary/aromatic N) is 1. The molecule has 3 rings (SSSR count). The number of hydrogen-bond donors (Lipinski definition) is 1. The first-order valence-corrected chi connectivity index (χ1v) is 7.96. The van der Waals surface area contributed by atoms with Crippen LogP contribution in [0.1, 0.15) is 37.7 Å². The maximum Gasteiger partial charge on any atom is 0.119 e. The number of hydrogen-bond acceptors (Lipinski definition) is 3. The molecule has 1 aliphatic carbocycles. The van der Waals surface area contributed by atoms with E-state index in [0.717, 1.165) is 44.2 Å². The SMILES string of the molecule is Cc1cc(OCC2CCC2)ccc1N1CCC(N)CC1. The van der Waals surface area contributed by atoms with Gasteiger partial charge in [-0.05, 0) is 62.3 Å². The van der Waals surface area contributed by atoms with Crippen LogP contribution >= 0.6 is 0 Å². The molecule has 2 aliphatic rings. The number of aryl methyl sites for hydroxylation is 1. The first kappa shape index (κ1) is 13.7. The molecule has 0 radical (unpaired) electrons.